The van der Waals surface area contributed by atoms with Gasteiger partial charge in [-0.15, -0.1) is 0 Å². The third-order valence-electron chi connectivity index (χ3n) is 2.97. The van der Waals surface area contributed by atoms with Crippen molar-refractivity contribution >= 4 is 11.9 Å². The Hall–Kier alpha value is -3.09. The number of phenolic OH excluding ortho intramolecular Hbond substituents is 1. The molecule has 1 heterocycles. The summed E-state index contributed by atoms with van der Waals surface area (Å²) in [5, 5.41) is 20.8. The van der Waals surface area contributed by atoms with Crippen LogP contribution in [0.25, 0.3) is 0 Å². The van der Waals surface area contributed by atoms with E-state index in [-0.39, 0.29) is 16.9 Å². The Labute approximate surface area is 125 Å². The van der Waals surface area contributed by atoms with Gasteiger partial charge in [-0.3, -0.25) is 9.59 Å². The molecular weight excluding hydrogens is 288 g/mol. The first-order chi connectivity index (χ1) is 10.4. The number of phenols is 1. The van der Waals surface area contributed by atoms with E-state index in [9.17, 15) is 24.6 Å². The number of carbonyl (C=O) groups excluding carboxylic acids is 1. The average molecular weight is 302 g/mol. The monoisotopic (exact) mass is 302 g/mol. The first kappa shape index (κ1) is 15.3. The molecule has 114 valence electrons. The molecule has 7 heteroatoms. The number of aromatic amines is 1. The number of carboxylic acid groups (broad SMARTS) is 1. The number of H-pyrrole nitrogens is 1. The van der Waals surface area contributed by atoms with Crippen molar-refractivity contribution in [2.45, 2.75) is 13.0 Å². The highest BCUT2D eigenvalue weighted by molar-refractivity contribution is 5.95. The van der Waals surface area contributed by atoms with Gasteiger partial charge in [0.1, 0.15) is 11.4 Å². The molecule has 0 saturated carbocycles. The van der Waals surface area contributed by atoms with E-state index in [2.05, 4.69) is 10.3 Å². The number of rotatable bonds is 4. The Morgan fingerprint density at radius 1 is 1.18 bits per heavy atom. The van der Waals surface area contributed by atoms with E-state index in [4.69, 9.17) is 0 Å². The molecule has 0 aliphatic rings. The maximum atomic E-state index is 12.1. The number of benzene rings is 1. The van der Waals surface area contributed by atoms with Gasteiger partial charge in [0.15, 0.2) is 11.5 Å². The van der Waals surface area contributed by atoms with Crippen LogP contribution in [0.4, 0.5) is 0 Å². The molecule has 1 aromatic carbocycles. The number of pyridine rings is 1. The van der Waals surface area contributed by atoms with Crippen LogP contribution in [0, 0.1) is 6.92 Å². The number of aliphatic carboxylic acids is 1. The smallest absolute Gasteiger partial charge is 0.330 e. The largest absolute Gasteiger partial charge is 0.508 e. The van der Waals surface area contributed by atoms with Gasteiger partial charge in [-0.05, 0) is 24.6 Å². The Kier molecular flexibility index (Phi) is 4.26. The van der Waals surface area contributed by atoms with Crippen LogP contribution in [-0.4, -0.2) is 27.1 Å². The summed E-state index contributed by atoms with van der Waals surface area (Å²) in [5.41, 5.74) is 0.427. The highest BCUT2D eigenvalue weighted by Gasteiger charge is 2.23. The lowest BCUT2D eigenvalue weighted by Gasteiger charge is -2.15. The lowest BCUT2D eigenvalue weighted by Crippen LogP contribution is -2.34. The molecule has 0 fully saturated rings. The Bertz CT molecular complexity index is 764. The van der Waals surface area contributed by atoms with Crippen LogP contribution in [-0.2, 0) is 4.79 Å². The van der Waals surface area contributed by atoms with E-state index >= 15 is 0 Å². The second kappa shape index (κ2) is 6.13. The van der Waals surface area contributed by atoms with Crippen molar-refractivity contribution in [2.75, 3.05) is 0 Å². The molecule has 1 aromatic heterocycles. The molecule has 1 atom stereocenters. The van der Waals surface area contributed by atoms with Crippen molar-refractivity contribution < 1.29 is 19.8 Å². The van der Waals surface area contributed by atoms with Crippen molar-refractivity contribution in [3.8, 4) is 5.75 Å². The van der Waals surface area contributed by atoms with Crippen molar-refractivity contribution in [3.05, 3.63) is 63.6 Å². The molecular formula is C15H14N2O5. The Balaban J connectivity index is 2.28. The molecule has 0 spiro atoms. The molecule has 0 unspecified atom stereocenters. The number of hydrogen-bond donors (Lipinski definition) is 4. The van der Waals surface area contributed by atoms with E-state index in [1.54, 1.807) is 6.92 Å². The van der Waals surface area contributed by atoms with E-state index < -0.39 is 17.9 Å². The maximum Gasteiger partial charge on any atom is 0.330 e. The van der Waals surface area contributed by atoms with Crippen molar-refractivity contribution in [3.63, 3.8) is 0 Å². The molecule has 0 radical (unpaired) electrons. The Morgan fingerprint density at radius 3 is 2.36 bits per heavy atom. The van der Waals surface area contributed by atoms with Crippen molar-refractivity contribution in [1.82, 2.24) is 10.3 Å². The lowest BCUT2D eigenvalue weighted by atomic mass is 10.1. The highest BCUT2D eigenvalue weighted by atomic mass is 16.4. The van der Waals surface area contributed by atoms with Gasteiger partial charge < -0.3 is 20.5 Å². The van der Waals surface area contributed by atoms with Gasteiger partial charge in [0, 0.05) is 17.8 Å². The average Bonchev–Trinajstić information content (AvgIpc) is 2.44. The minimum atomic E-state index is -1.29. The minimum absolute atomic E-state index is 0.0118. The molecule has 0 aliphatic carbocycles. The number of aromatic nitrogens is 1. The molecule has 0 saturated heterocycles. The quantitative estimate of drug-likeness (QED) is 0.670. The third kappa shape index (κ3) is 3.51. The minimum Gasteiger partial charge on any atom is -0.508 e. The molecule has 0 bridgehead atoms. The van der Waals surface area contributed by atoms with E-state index in [1.165, 1.54) is 30.3 Å². The molecule has 7 nitrogen and oxygen atoms in total. The number of nitrogens with one attached hydrogen (secondary N) is 2. The third-order valence-corrected chi connectivity index (χ3v) is 2.97. The van der Waals surface area contributed by atoms with Crippen molar-refractivity contribution in [1.29, 1.82) is 0 Å². The van der Waals surface area contributed by atoms with Gasteiger partial charge in [0.2, 0.25) is 0 Å². The van der Waals surface area contributed by atoms with Crippen LogP contribution in [0.5, 0.6) is 5.75 Å². The van der Waals surface area contributed by atoms with Gasteiger partial charge in [0.05, 0.1) is 0 Å². The number of hydrogen-bond acceptors (Lipinski definition) is 4. The summed E-state index contributed by atoms with van der Waals surface area (Å²) in [6.45, 7) is 1.62. The fraction of sp³-hybridized carbons (Fsp3) is 0.133. The summed E-state index contributed by atoms with van der Waals surface area (Å²) in [6, 6.07) is 6.57. The standard InChI is InChI=1S/C15H14N2O5/c1-8-6-11(19)7-12(16-8)14(20)17-13(15(21)22)9-2-4-10(18)5-3-9/h2-7,13,18H,1H3,(H,16,19)(H,17,20)(H,21,22)/t13-/m1/s1. The molecule has 1 amide bonds. The highest BCUT2D eigenvalue weighted by Crippen LogP contribution is 2.17. The summed E-state index contributed by atoms with van der Waals surface area (Å²) in [4.78, 5) is 37.6. The first-order valence-corrected chi connectivity index (χ1v) is 6.40. The second-order valence-electron chi connectivity index (χ2n) is 4.75. The lowest BCUT2D eigenvalue weighted by molar-refractivity contribution is -0.139. The second-order valence-corrected chi connectivity index (χ2v) is 4.75. The molecule has 22 heavy (non-hydrogen) atoms. The predicted molar refractivity (Wildman–Crippen MR) is 77.7 cm³/mol. The summed E-state index contributed by atoms with van der Waals surface area (Å²) < 4.78 is 0. The first-order valence-electron chi connectivity index (χ1n) is 6.40. The zero-order valence-electron chi connectivity index (χ0n) is 11.7. The number of aromatic hydroxyl groups is 1. The van der Waals surface area contributed by atoms with Gasteiger partial charge in [0.25, 0.3) is 5.91 Å². The molecule has 2 rings (SSSR count). The number of carboxylic acids is 1. The van der Waals surface area contributed by atoms with Crippen LogP contribution < -0.4 is 10.7 Å². The summed E-state index contributed by atoms with van der Waals surface area (Å²) in [7, 11) is 0. The van der Waals surface area contributed by atoms with Crippen molar-refractivity contribution in [2.24, 2.45) is 0 Å². The molecule has 2 aromatic rings. The Morgan fingerprint density at radius 2 is 1.82 bits per heavy atom. The molecule has 4 N–H and O–H groups in total. The summed E-state index contributed by atoms with van der Waals surface area (Å²) in [6.07, 6.45) is 0. The normalized spacial score (nSPS) is 11.7. The van der Waals surface area contributed by atoms with Crippen LogP contribution in [0.3, 0.4) is 0 Å². The van der Waals surface area contributed by atoms with Crippen LogP contribution >= 0.6 is 0 Å². The van der Waals surface area contributed by atoms with Gasteiger partial charge in [-0.1, -0.05) is 12.1 Å². The van der Waals surface area contributed by atoms with Crippen LogP contribution in [0.15, 0.2) is 41.2 Å². The SMILES string of the molecule is Cc1cc(=O)cc(C(=O)N[C@@H](C(=O)O)c2ccc(O)cc2)[nH]1. The van der Waals surface area contributed by atoms with Crippen LogP contribution in [0.2, 0.25) is 0 Å². The zero-order chi connectivity index (χ0) is 16.3. The van der Waals surface area contributed by atoms with E-state index in [1.807, 2.05) is 0 Å². The number of carbonyl (C=O) groups is 2. The molecule has 0 aliphatic heterocycles. The number of aryl methyl sites for hydroxylation is 1. The van der Waals surface area contributed by atoms with E-state index in [0.29, 0.717) is 11.3 Å². The summed E-state index contributed by atoms with van der Waals surface area (Å²) >= 11 is 0. The van der Waals surface area contributed by atoms with Crippen LogP contribution in [0.1, 0.15) is 27.8 Å². The summed E-state index contributed by atoms with van der Waals surface area (Å²) in [5.74, 6) is -1.97. The fourth-order valence-electron chi connectivity index (χ4n) is 1.97. The van der Waals surface area contributed by atoms with Gasteiger partial charge >= 0.3 is 5.97 Å². The number of amides is 1. The van der Waals surface area contributed by atoms with E-state index in [0.717, 1.165) is 6.07 Å². The predicted octanol–water partition coefficient (Wildman–Crippen LogP) is 0.945. The topological polar surface area (TPSA) is 119 Å². The fourth-order valence-corrected chi connectivity index (χ4v) is 1.97. The van der Waals surface area contributed by atoms with Gasteiger partial charge in [-0.2, -0.15) is 0 Å². The van der Waals surface area contributed by atoms with Gasteiger partial charge in [-0.25, -0.2) is 4.79 Å². The maximum absolute atomic E-state index is 12.1. The zero-order valence-corrected chi connectivity index (χ0v) is 11.7.